The molecule has 0 aliphatic carbocycles. The van der Waals surface area contributed by atoms with Gasteiger partial charge in [-0.15, -0.1) is 0 Å². The zero-order valence-electron chi connectivity index (χ0n) is 15.1. The molecule has 1 aliphatic rings. The minimum Gasteiger partial charge on any atom is -0.376 e. The Hall–Kier alpha value is -2.67. The highest BCUT2D eigenvalue weighted by molar-refractivity contribution is 5.96. The summed E-state index contributed by atoms with van der Waals surface area (Å²) in [5.41, 5.74) is 1.02. The second-order valence-corrected chi connectivity index (χ2v) is 6.65. The molecule has 3 rings (SSSR count). The molecular formula is C19H24N4O3. The molecule has 1 aromatic heterocycles. The second kappa shape index (κ2) is 8.14. The molecule has 2 amide bonds. The van der Waals surface area contributed by atoms with E-state index in [-0.39, 0.29) is 29.5 Å². The van der Waals surface area contributed by atoms with Crippen molar-refractivity contribution >= 4 is 17.6 Å². The van der Waals surface area contributed by atoms with Crippen molar-refractivity contribution in [2.24, 2.45) is 5.92 Å². The van der Waals surface area contributed by atoms with Gasteiger partial charge >= 0.3 is 0 Å². The molecule has 1 atom stereocenters. The maximum Gasteiger partial charge on any atom is 0.271 e. The van der Waals surface area contributed by atoms with Gasteiger partial charge in [0.05, 0.1) is 11.8 Å². The number of nitrogens with zero attached hydrogens (tertiary/aromatic N) is 2. The van der Waals surface area contributed by atoms with Gasteiger partial charge in [-0.3, -0.25) is 9.59 Å². The first kappa shape index (κ1) is 18.1. The van der Waals surface area contributed by atoms with Gasteiger partial charge in [-0.2, -0.15) is 5.10 Å². The van der Waals surface area contributed by atoms with E-state index in [9.17, 15) is 9.59 Å². The van der Waals surface area contributed by atoms with E-state index in [4.69, 9.17) is 4.74 Å². The van der Waals surface area contributed by atoms with Crippen LogP contribution in [0.25, 0.3) is 5.69 Å². The maximum atomic E-state index is 12.5. The van der Waals surface area contributed by atoms with E-state index >= 15 is 0 Å². The molecule has 1 aromatic carbocycles. The molecule has 7 heteroatoms. The molecule has 7 nitrogen and oxygen atoms in total. The van der Waals surface area contributed by atoms with Crippen LogP contribution in [0.4, 0.5) is 5.82 Å². The average molecular weight is 356 g/mol. The molecule has 0 bridgehead atoms. The predicted molar refractivity (Wildman–Crippen MR) is 98.3 cm³/mol. The fourth-order valence-electron chi connectivity index (χ4n) is 2.72. The summed E-state index contributed by atoms with van der Waals surface area (Å²) in [6.45, 7) is 4.83. The smallest absolute Gasteiger partial charge is 0.271 e. The Labute approximate surface area is 152 Å². The Morgan fingerprint density at radius 2 is 2.08 bits per heavy atom. The third-order valence-corrected chi connectivity index (χ3v) is 4.23. The van der Waals surface area contributed by atoms with Crippen molar-refractivity contribution in [1.82, 2.24) is 15.1 Å². The Kier molecular flexibility index (Phi) is 5.68. The Bertz CT molecular complexity index is 764. The van der Waals surface area contributed by atoms with Crippen LogP contribution in [0.5, 0.6) is 0 Å². The number of aromatic nitrogens is 2. The lowest BCUT2D eigenvalue weighted by Gasteiger charge is -2.10. The molecule has 2 heterocycles. The van der Waals surface area contributed by atoms with Crippen molar-refractivity contribution in [1.29, 1.82) is 0 Å². The fourth-order valence-corrected chi connectivity index (χ4v) is 2.72. The van der Waals surface area contributed by atoms with Crippen molar-refractivity contribution in [3.8, 4) is 5.69 Å². The number of hydrogen-bond donors (Lipinski definition) is 2. The van der Waals surface area contributed by atoms with Crippen LogP contribution >= 0.6 is 0 Å². The minimum absolute atomic E-state index is 0.0651. The van der Waals surface area contributed by atoms with Crippen molar-refractivity contribution in [2.75, 3.05) is 18.5 Å². The zero-order valence-corrected chi connectivity index (χ0v) is 15.1. The standard InChI is InChI=1S/C19H24N4O3/c1-13(2)18(24)21-17-11-16(19(25)20-12-15-9-6-10-26-15)22-23(17)14-7-4-3-5-8-14/h3-5,7-8,11,13,15H,6,9-10,12H2,1-2H3,(H,20,25)(H,21,24). The van der Waals surface area contributed by atoms with Crippen LogP contribution in [0.1, 0.15) is 37.2 Å². The monoisotopic (exact) mass is 356 g/mol. The molecule has 1 saturated heterocycles. The number of benzene rings is 1. The number of ether oxygens (including phenoxy) is 1. The van der Waals surface area contributed by atoms with Crippen molar-refractivity contribution in [3.63, 3.8) is 0 Å². The highest BCUT2D eigenvalue weighted by atomic mass is 16.5. The molecule has 0 saturated carbocycles. The lowest BCUT2D eigenvalue weighted by molar-refractivity contribution is -0.118. The van der Waals surface area contributed by atoms with E-state index in [1.807, 2.05) is 44.2 Å². The van der Waals surface area contributed by atoms with Gasteiger partial charge in [0.15, 0.2) is 5.69 Å². The molecular weight excluding hydrogens is 332 g/mol. The molecule has 2 aromatic rings. The first-order valence-corrected chi connectivity index (χ1v) is 8.90. The van der Waals surface area contributed by atoms with Gasteiger partial charge in [0.2, 0.25) is 5.91 Å². The molecule has 1 aliphatic heterocycles. The first-order valence-electron chi connectivity index (χ1n) is 8.90. The SMILES string of the molecule is CC(C)C(=O)Nc1cc(C(=O)NCC2CCCO2)nn1-c1ccccc1. The number of carbonyl (C=O) groups is 2. The number of para-hydroxylation sites is 1. The summed E-state index contributed by atoms with van der Waals surface area (Å²) in [7, 11) is 0. The normalized spacial score (nSPS) is 16.7. The average Bonchev–Trinajstić information content (AvgIpc) is 3.30. The van der Waals surface area contributed by atoms with Crippen LogP contribution in [-0.2, 0) is 9.53 Å². The van der Waals surface area contributed by atoms with E-state index in [0.717, 1.165) is 25.1 Å². The number of hydrogen-bond acceptors (Lipinski definition) is 4. The van der Waals surface area contributed by atoms with Gasteiger partial charge in [0.1, 0.15) is 5.82 Å². The lowest BCUT2D eigenvalue weighted by atomic mass is 10.2. The Morgan fingerprint density at radius 1 is 1.31 bits per heavy atom. The van der Waals surface area contributed by atoms with Gasteiger partial charge < -0.3 is 15.4 Å². The maximum absolute atomic E-state index is 12.5. The van der Waals surface area contributed by atoms with Crippen molar-refractivity contribution in [2.45, 2.75) is 32.8 Å². The van der Waals surface area contributed by atoms with Crippen LogP contribution in [-0.4, -0.2) is 40.9 Å². The van der Waals surface area contributed by atoms with Crippen LogP contribution in [0.2, 0.25) is 0 Å². The lowest BCUT2D eigenvalue weighted by Crippen LogP contribution is -2.32. The summed E-state index contributed by atoms with van der Waals surface area (Å²) in [4.78, 5) is 24.6. The summed E-state index contributed by atoms with van der Waals surface area (Å²) in [5.74, 6) is -0.119. The Balaban J connectivity index is 1.80. The number of amides is 2. The second-order valence-electron chi connectivity index (χ2n) is 6.65. The third-order valence-electron chi connectivity index (χ3n) is 4.23. The summed E-state index contributed by atoms with van der Waals surface area (Å²) in [6.07, 6.45) is 2.04. The molecule has 0 spiro atoms. The van der Waals surface area contributed by atoms with E-state index in [1.165, 1.54) is 0 Å². The number of anilines is 1. The van der Waals surface area contributed by atoms with Crippen LogP contribution in [0.3, 0.4) is 0 Å². The third kappa shape index (κ3) is 4.29. The van der Waals surface area contributed by atoms with E-state index in [1.54, 1.807) is 10.7 Å². The summed E-state index contributed by atoms with van der Waals surface area (Å²) >= 11 is 0. The molecule has 138 valence electrons. The van der Waals surface area contributed by atoms with E-state index in [0.29, 0.717) is 12.4 Å². The van der Waals surface area contributed by atoms with Crippen LogP contribution in [0, 0.1) is 5.92 Å². The van der Waals surface area contributed by atoms with E-state index in [2.05, 4.69) is 15.7 Å². The summed E-state index contributed by atoms with van der Waals surface area (Å²) in [6, 6.07) is 11.0. The van der Waals surface area contributed by atoms with Crippen LogP contribution < -0.4 is 10.6 Å². The summed E-state index contributed by atoms with van der Waals surface area (Å²) in [5, 5.41) is 10.1. The first-order chi connectivity index (χ1) is 12.5. The number of carbonyl (C=O) groups excluding carboxylic acids is 2. The topological polar surface area (TPSA) is 85.2 Å². The Morgan fingerprint density at radius 3 is 2.73 bits per heavy atom. The van der Waals surface area contributed by atoms with Gasteiger partial charge in [-0.1, -0.05) is 32.0 Å². The highest BCUT2D eigenvalue weighted by Crippen LogP contribution is 2.18. The quantitative estimate of drug-likeness (QED) is 0.832. The number of rotatable bonds is 6. The minimum atomic E-state index is -0.282. The molecule has 1 fully saturated rings. The largest absolute Gasteiger partial charge is 0.376 e. The molecule has 2 N–H and O–H groups in total. The van der Waals surface area contributed by atoms with Gasteiger partial charge in [-0.05, 0) is 25.0 Å². The van der Waals surface area contributed by atoms with Crippen LogP contribution in [0.15, 0.2) is 36.4 Å². The summed E-state index contributed by atoms with van der Waals surface area (Å²) < 4.78 is 7.09. The van der Waals surface area contributed by atoms with E-state index < -0.39 is 0 Å². The molecule has 26 heavy (non-hydrogen) atoms. The molecule has 1 unspecified atom stereocenters. The van der Waals surface area contributed by atoms with Gasteiger partial charge in [0.25, 0.3) is 5.91 Å². The van der Waals surface area contributed by atoms with Crippen molar-refractivity contribution < 1.29 is 14.3 Å². The highest BCUT2D eigenvalue weighted by Gasteiger charge is 2.20. The fraction of sp³-hybridized carbons (Fsp3) is 0.421. The van der Waals surface area contributed by atoms with Crippen molar-refractivity contribution in [3.05, 3.63) is 42.1 Å². The number of nitrogens with one attached hydrogen (secondary N) is 2. The molecule has 0 radical (unpaired) electrons. The van der Waals surface area contributed by atoms with Gasteiger partial charge in [-0.25, -0.2) is 4.68 Å². The van der Waals surface area contributed by atoms with Gasteiger partial charge in [0, 0.05) is 25.1 Å². The predicted octanol–water partition coefficient (Wildman–Crippen LogP) is 2.38. The zero-order chi connectivity index (χ0) is 18.5.